The molecule has 83 heavy (non-hydrogen) atoms. The number of rotatable bonds is 62. The molecule has 0 aromatic heterocycles. The third-order valence-corrected chi connectivity index (χ3v) is 14.6. The van der Waals surface area contributed by atoms with Gasteiger partial charge in [0.2, 0.25) is 0 Å². The van der Waals surface area contributed by atoms with Crippen molar-refractivity contribution < 1.29 is 28.6 Å². The topological polar surface area (TPSA) is 78.9 Å². The Kier molecular flexibility index (Phi) is 66.3. The van der Waals surface area contributed by atoms with Gasteiger partial charge in [-0.15, -0.1) is 0 Å². The molecule has 6 nitrogen and oxygen atoms in total. The maximum Gasteiger partial charge on any atom is 0.306 e. The predicted molar refractivity (Wildman–Crippen MR) is 362 cm³/mol. The van der Waals surface area contributed by atoms with E-state index in [2.05, 4.69) is 154 Å². The second kappa shape index (κ2) is 70.0. The number of carbonyl (C=O) groups is 3. The molecule has 0 aromatic carbocycles. The van der Waals surface area contributed by atoms with Crippen LogP contribution in [0.15, 0.2) is 134 Å². The summed E-state index contributed by atoms with van der Waals surface area (Å²) in [5.41, 5.74) is 0. The van der Waals surface area contributed by atoms with E-state index < -0.39 is 6.10 Å². The summed E-state index contributed by atoms with van der Waals surface area (Å²) in [5.74, 6) is -0.976. The predicted octanol–water partition coefficient (Wildman–Crippen LogP) is 24.1. The molecule has 0 fully saturated rings. The molecule has 1 unspecified atom stereocenters. The molecule has 0 radical (unpaired) electrons. The van der Waals surface area contributed by atoms with E-state index in [0.717, 1.165) is 122 Å². The van der Waals surface area contributed by atoms with E-state index in [1.165, 1.54) is 148 Å². The van der Waals surface area contributed by atoms with Crippen LogP contribution in [0.2, 0.25) is 0 Å². The van der Waals surface area contributed by atoms with E-state index in [1.807, 2.05) is 0 Å². The lowest BCUT2D eigenvalue weighted by molar-refractivity contribution is -0.167. The zero-order valence-electron chi connectivity index (χ0n) is 54.2. The van der Waals surface area contributed by atoms with E-state index in [9.17, 15) is 14.4 Å². The minimum Gasteiger partial charge on any atom is -0.462 e. The fourth-order valence-corrected chi connectivity index (χ4v) is 9.43. The van der Waals surface area contributed by atoms with Gasteiger partial charge in [-0.1, -0.05) is 296 Å². The fourth-order valence-electron chi connectivity index (χ4n) is 9.43. The monoisotopic (exact) mass is 1150 g/mol. The Bertz CT molecular complexity index is 1750. The van der Waals surface area contributed by atoms with Crippen molar-refractivity contribution in [1.29, 1.82) is 0 Å². The van der Waals surface area contributed by atoms with Crippen LogP contribution in [0.5, 0.6) is 0 Å². The minimum atomic E-state index is -0.821. The lowest BCUT2D eigenvalue weighted by atomic mass is 10.0. The van der Waals surface area contributed by atoms with Gasteiger partial charge in [0, 0.05) is 19.3 Å². The summed E-state index contributed by atoms with van der Waals surface area (Å²) in [4.78, 5) is 38.4. The average molecular weight is 1150 g/mol. The highest BCUT2D eigenvalue weighted by Gasteiger charge is 2.19. The van der Waals surface area contributed by atoms with Crippen molar-refractivity contribution in [2.45, 2.75) is 322 Å². The van der Waals surface area contributed by atoms with E-state index >= 15 is 0 Å². The molecular weight excluding hydrogens is 1020 g/mol. The first-order chi connectivity index (χ1) is 41.0. The van der Waals surface area contributed by atoms with Crippen LogP contribution in [0.1, 0.15) is 316 Å². The van der Waals surface area contributed by atoms with Crippen LogP contribution in [-0.4, -0.2) is 37.2 Å². The Morgan fingerprint density at radius 1 is 0.253 bits per heavy atom. The molecule has 0 aromatic rings. The molecule has 0 saturated carbocycles. The molecule has 0 saturated heterocycles. The van der Waals surface area contributed by atoms with Gasteiger partial charge in [0.1, 0.15) is 13.2 Å². The van der Waals surface area contributed by atoms with Gasteiger partial charge in [-0.3, -0.25) is 14.4 Å². The van der Waals surface area contributed by atoms with Crippen molar-refractivity contribution >= 4 is 17.9 Å². The highest BCUT2D eigenvalue weighted by atomic mass is 16.6. The SMILES string of the molecule is CC/C=C\C/C=C\C/C=C\C/C=C\C/C=C\C/C=C\C/C=C\CCCC(=O)OC(COC(=O)CCCCCCC/C=C\C/C=C\CCCCC)COC(=O)CCCCCCCCCCCCCCCCC/C=C\C/C=C\CCCCCCC. The third-order valence-electron chi connectivity index (χ3n) is 14.6. The Balaban J connectivity index is 4.42. The first kappa shape index (κ1) is 78.5. The lowest BCUT2D eigenvalue weighted by Gasteiger charge is -2.18. The highest BCUT2D eigenvalue weighted by molar-refractivity contribution is 5.71. The number of allylic oxidation sites excluding steroid dienone is 22. The van der Waals surface area contributed by atoms with E-state index in [1.54, 1.807) is 0 Å². The van der Waals surface area contributed by atoms with Gasteiger partial charge in [-0.05, 0) is 135 Å². The average Bonchev–Trinajstić information content (AvgIpc) is 3.49. The largest absolute Gasteiger partial charge is 0.462 e. The second-order valence-electron chi connectivity index (χ2n) is 22.7. The van der Waals surface area contributed by atoms with Crippen molar-refractivity contribution in [3.05, 3.63) is 134 Å². The smallest absolute Gasteiger partial charge is 0.306 e. The number of esters is 3. The van der Waals surface area contributed by atoms with Gasteiger partial charge in [-0.2, -0.15) is 0 Å². The number of hydrogen-bond acceptors (Lipinski definition) is 6. The minimum absolute atomic E-state index is 0.108. The molecule has 0 heterocycles. The molecule has 0 N–H and O–H groups in total. The zero-order chi connectivity index (χ0) is 59.9. The Morgan fingerprint density at radius 3 is 0.795 bits per heavy atom. The molecule has 0 amide bonds. The number of unbranched alkanes of at least 4 members (excludes halogenated alkanes) is 29. The lowest BCUT2D eigenvalue weighted by Crippen LogP contribution is -2.30. The van der Waals surface area contributed by atoms with Gasteiger partial charge >= 0.3 is 17.9 Å². The molecule has 0 bridgehead atoms. The normalized spacial score (nSPS) is 13.0. The van der Waals surface area contributed by atoms with E-state index in [-0.39, 0.29) is 37.5 Å². The molecule has 1 atom stereocenters. The third kappa shape index (κ3) is 68.2. The quantitative estimate of drug-likeness (QED) is 0.0261. The summed E-state index contributed by atoms with van der Waals surface area (Å²) in [6, 6.07) is 0. The van der Waals surface area contributed by atoms with Crippen LogP contribution >= 0.6 is 0 Å². The molecule has 6 heteroatoms. The summed E-state index contributed by atoms with van der Waals surface area (Å²) in [6.07, 6.45) is 99.0. The summed E-state index contributed by atoms with van der Waals surface area (Å²) in [6.45, 7) is 6.45. The van der Waals surface area contributed by atoms with E-state index in [0.29, 0.717) is 19.3 Å². The molecule has 0 rings (SSSR count). The van der Waals surface area contributed by atoms with Gasteiger partial charge in [-0.25, -0.2) is 0 Å². The Hall–Kier alpha value is -4.45. The number of carbonyl (C=O) groups excluding carboxylic acids is 3. The van der Waals surface area contributed by atoms with Crippen LogP contribution in [-0.2, 0) is 28.6 Å². The van der Waals surface area contributed by atoms with Gasteiger partial charge in [0.15, 0.2) is 6.10 Å². The summed E-state index contributed by atoms with van der Waals surface area (Å²) in [5, 5.41) is 0. The van der Waals surface area contributed by atoms with E-state index in [4.69, 9.17) is 14.2 Å². The number of ether oxygens (including phenoxy) is 3. The Morgan fingerprint density at radius 2 is 0.482 bits per heavy atom. The van der Waals surface area contributed by atoms with Crippen molar-refractivity contribution in [3.8, 4) is 0 Å². The second-order valence-corrected chi connectivity index (χ2v) is 22.7. The molecule has 0 aliphatic rings. The van der Waals surface area contributed by atoms with Crippen LogP contribution in [0.25, 0.3) is 0 Å². The van der Waals surface area contributed by atoms with Crippen molar-refractivity contribution in [3.63, 3.8) is 0 Å². The Labute approximate surface area is 513 Å². The first-order valence-corrected chi connectivity index (χ1v) is 34.7. The highest BCUT2D eigenvalue weighted by Crippen LogP contribution is 2.16. The standard InChI is InChI=1S/C77H128O6/c1-4-7-10-13-16-19-22-25-28-30-32-34-36-37-38-39-41-42-44-46-49-52-55-58-61-64-67-70-76(79)82-73-74(72-81-75(78)69-66-63-60-57-54-51-48-27-24-21-18-15-12-9-6-3)83-77(80)71-68-65-62-59-56-53-50-47-45-43-40-35-33-31-29-26-23-20-17-14-11-8-5-2/h8,11,17-18,20-22,25-27,29-30,32-33,35,43,45,48,50,53,59,62,74H,4-7,9-10,12-16,19,23-24,28,31,34,36-42,44,46-47,49,51-52,54-58,60-61,63-73H2,1-3H3/b11-8-,20-17-,21-18-,25-22-,29-26-,32-30-,35-33-,45-43-,48-27-,53-50-,62-59-. The fraction of sp³-hybridized carbons (Fsp3) is 0.675. The van der Waals surface area contributed by atoms with Crippen molar-refractivity contribution in [2.75, 3.05) is 13.2 Å². The maximum atomic E-state index is 12.9. The zero-order valence-corrected chi connectivity index (χ0v) is 54.2. The maximum absolute atomic E-state index is 12.9. The first-order valence-electron chi connectivity index (χ1n) is 34.7. The molecule has 0 aliphatic carbocycles. The molecule has 0 aliphatic heterocycles. The van der Waals surface area contributed by atoms with Crippen molar-refractivity contribution in [2.24, 2.45) is 0 Å². The summed E-state index contributed by atoms with van der Waals surface area (Å²) >= 11 is 0. The van der Waals surface area contributed by atoms with Gasteiger partial charge in [0.05, 0.1) is 0 Å². The van der Waals surface area contributed by atoms with Crippen LogP contribution in [0, 0.1) is 0 Å². The van der Waals surface area contributed by atoms with Crippen molar-refractivity contribution in [1.82, 2.24) is 0 Å². The number of hydrogen-bond donors (Lipinski definition) is 0. The van der Waals surface area contributed by atoms with Gasteiger partial charge < -0.3 is 14.2 Å². The molecule has 0 spiro atoms. The molecule has 472 valence electrons. The van der Waals surface area contributed by atoms with Gasteiger partial charge in [0.25, 0.3) is 0 Å². The summed E-state index contributed by atoms with van der Waals surface area (Å²) < 4.78 is 16.9. The summed E-state index contributed by atoms with van der Waals surface area (Å²) in [7, 11) is 0. The van der Waals surface area contributed by atoms with Crippen LogP contribution in [0.3, 0.4) is 0 Å². The van der Waals surface area contributed by atoms with Crippen LogP contribution in [0.4, 0.5) is 0 Å². The molecular formula is C77H128O6. The van der Waals surface area contributed by atoms with Crippen LogP contribution < -0.4 is 0 Å².